The summed E-state index contributed by atoms with van der Waals surface area (Å²) >= 11 is 0. The molecule has 1 atom stereocenters. The van der Waals surface area contributed by atoms with Crippen LogP contribution in [0.15, 0.2) is 36.4 Å². The monoisotopic (exact) mass is 487 g/mol. The predicted molar refractivity (Wildman–Crippen MR) is 127 cm³/mol. The lowest BCUT2D eigenvalue weighted by molar-refractivity contribution is -0.170. The van der Waals surface area contributed by atoms with Crippen LogP contribution in [0, 0.1) is 17.0 Å². The van der Waals surface area contributed by atoms with E-state index in [1.807, 2.05) is 5.48 Å². The molecule has 0 spiro atoms. The lowest BCUT2D eigenvalue weighted by Gasteiger charge is -2.33. The van der Waals surface area contributed by atoms with E-state index in [-0.39, 0.29) is 24.8 Å². The second kappa shape index (κ2) is 11.4. The van der Waals surface area contributed by atoms with Crippen molar-refractivity contribution in [1.29, 1.82) is 5.41 Å². The Balaban J connectivity index is 2.10. The molecule has 0 aromatic heterocycles. The molecule has 0 aliphatic heterocycles. The SMILES string of the molecule is CCOC(Cc1ccc(C(=N)N)cc1)(C(=O)NOC(C)=O)c1c(F)cc(C2CCCCC2)cc1F. The molecule has 0 bridgehead atoms. The summed E-state index contributed by atoms with van der Waals surface area (Å²) in [4.78, 5) is 29.3. The minimum atomic E-state index is -2.17. The zero-order valence-corrected chi connectivity index (χ0v) is 20.0. The van der Waals surface area contributed by atoms with Crippen LogP contribution in [-0.2, 0) is 31.2 Å². The number of hydrogen-bond donors (Lipinski definition) is 3. The molecule has 9 heteroatoms. The second-order valence-electron chi connectivity index (χ2n) is 8.77. The van der Waals surface area contributed by atoms with Gasteiger partial charge in [0.05, 0.1) is 5.56 Å². The smallest absolute Gasteiger partial charge is 0.329 e. The highest BCUT2D eigenvalue weighted by Gasteiger charge is 2.46. The average Bonchev–Trinajstić information content (AvgIpc) is 2.82. The fourth-order valence-electron chi connectivity index (χ4n) is 4.66. The topological polar surface area (TPSA) is 114 Å². The molecule has 35 heavy (non-hydrogen) atoms. The summed E-state index contributed by atoms with van der Waals surface area (Å²) in [6.07, 6.45) is 4.54. The number of ether oxygens (including phenoxy) is 1. The van der Waals surface area contributed by atoms with Gasteiger partial charge in [0.25, 0.3) is 5.91 Å². The Kier molecular flexibility index (Phi) is 8.56. The molecule has 0 heterocycles. The summed E-state index contributed by atoms with van der Waals surface area (Å²) in [7, 11) is 0. The van der Waals surface area contributed by atoms with Crippen molar-refractivity contribution in [2.24, 2.45) is 5.73 Å². The highest BCUT2D eigenvalue weighted by Crippen LogP contribution is 2.39. The van der Waals surface area contributed by atoms with Gasteiger partial charge in [0.1, 0.15) is 17.5 Å². The van der Waals surface area contributed by atoms with E-state index in [9.17, 15) is 9.59 Å². The Morgan fingerprint density at radius 3 is 2.23 bits per heavy atom. The first-order valence-electron chi connectivity index (χ1n) is 11.7. The number of benzene rings is 2. The first kappa shape index (κ1) is 26.3. The van der Waals surface area contributed by atoms with Gasteiger partial charge in [-0.15, -0.1) is 0 Å². The maximum atomic E-state index is 15.7. The van der Waals surface area contributed by atoms with E-state index >= 15 is 8.78 Å². The van der Waals surface area contributed by atoms with Gasteiger partial charge in [-0.3, -0.25) is 15.0 Å². The molecule has 4 N–H and O–H groups in total. The zero-order valence-electron chi connectivity index (χ0n) is 20.0. The minimum Gasteiger partial charge on any atom is -0.384 e. The Labute approximate surface area is 203 Å². The third-order valence-electron chi connectivity index (χ3n) is 6.31. The molecule has 1 aliphatic carbocycles. The van der Waals surface area contributed by atoms with Crippen molar-refractivity contribution < 1.29 is 27.9 Å². The lowest BCUT2D eigenvalue weighted by Crippen LogP contribution is -2.49. The van der Waals surface area contributed by atoms with Gasteiger partial charge >= 0.3 is 5.97 Å². The fourth-order valence-corrected chi connectivity index (χ4v) is 4.66. The van der Waals surface area contributed by atoms with Gasteiger partial charge in [-0.05, 0) is 48.9 Å². The molecule has 188 valence electrons. The Hall–Kier alpha value is -3.33. The first-order valence-corrected chi connectivity index (χ1v) is 11.7. The zero-order chi connectivity index (χ0) is 25.6. The van der Waals surface area contributed by atoms with E-state index in [4.69, 9.17) is 15.9 Å². The number of carbonyl (C=O) groups is 2. The quantitative estimate of drug-likeness (QED) is 0.291. The van der Waals surface area contributed by atoms with Crippen LogP contribution in [0.25, 0.3) is 0 Å². The van der Waals surface area contributed by atoms with E-state index in [1.165, 1.54) is 12.1 Å². The van der Waals surface area contributed by atoms with Crippen LogP contribution in [0.1, 0.15) is 74.1 Å². The Morgan fingerprint density at radius 2 is 1.71 bits per heavy atom. The molecule has 0 radical (unpaired) electrons. The summed E-state index contributed by atoms with van der Waals surface area (Å²) in [5.74, 6) is -3.72. The van der Waals surface area contributed by atoms with Gasteiger partial charge in [0.15, 0.2) is 5.60 Å². The molecule has 1 unspecified atom stereocenters. The summed E-state index contributed by atoms with van der Waals surface area (Å²) in [5.41, 5.74) is 6.28. The van der Waals surface area contributed by atoms with Crippen molar-refractivity contribution in [3.63, 3.8) is 0 Å². The molecular formula is C26H31F2N3O4. The van der Waals surface area contributed by atoms with Crippen molar-refractivity contribution in [2.45, 2.75) is 63.9 Å². The van der Waals surface area contributed by atoms with E-state index < -0.39 is 34.7 Å². The molecule has 2 aromatic rings. The highest BCUT2D eigenvalue weighted by molar-refractivity contribution is 5.95. The van der Waals surface area contributed by atoms with Crippen molar-refractivity contribution in [3.05, 3.63) is 70.3 Å². The average molecular weight is 488 g/mol. The highest BCUT2D eigenvalue weighted by atomic mass is 19.1. The van der Waals surface area contributed by atoms with Crippen molar-refractivity contribution in [2.75, 3.05) is 6.61 Å². The molecule has 2 aromatic carbocycles. The molecule has 1 saturated carbocycles. The number of amides is 1. The standard InChI is InChI=1S/C26H31F2N3O4/c1-3-34-26(25(33)31-35-16(2)32,15-17-9-11-19(12-10-17)24(29)30)23-21(27)13-20(14-22(23)28)18-7-5-4-6-8-18/h9-14,18H,3-8,15H2,1-2H3,(H3,29,30)(H,31,33). The molecule has 1 fully saturated rings. The maximum Gasteiger partial charge on any atom is 0.329 e. The van der Waals surface area contributed by atoms with Crippen LogP contribution in [0.5, 0.6) is 0 Å². The number of amidine groups is 1. The van der Waals surface area contributed by atoms with Crippen LogP contribution in [0.4, 0.5) is 8.78 Å². The van der Waals surface area contributed by atoms with Gasteiger partial charge in [0, 0.05) is 25.5 Å². The van der Waals surface area contributed by atoms with Gasteiger partial charge in [-0.25, -0.2) is 8.78 Å². The van der Waals surface area contributed by atoms with Gasteiger partial charge in [0.2, 0.25) is 0 Å². The third-order valence-corrected chi connectivity index (χ3v) is 6.31. The molecule has 7 nitrogen and oxygen atoms in total. The molecular weight excluding hydrogens is 456 g/mol. The van der Waals surface area contributed by atoms with Crippen molar-refractivity contribution >= 4 is 17.7 Å². The summed E-state index contributed by atoms with van der Waals surface area (Å²) < 4.78 is 37.1. The molecule has 1 aliphatic rings. The largest absolute Gasteiger partial charge is 0.384 e. The number of nitrogens with one attached hydrogen (secondary N) is 2. The van der Waals surface area contributed by atoms with Crippen LogP contribution in [0.3, 0.4) is 0 Å². The van der Waals surface area contributed by atoms with Gasteiger partial charge in [-0.1, -0.05) is 43.5 Å². The van der Waals surface area contributed by atoms with E-state index in [0.29, 0.717) is 16.7 Å². The third kappa shape index (κ3) is 6.03. The fraction of sp³-hybridized carbons (Fsp3) is 0.423. The molecule has 0 saturated heterocycles. The number of halogens is 2. The molecule has 1 amide bonds. The first-order chi connectivity index (χ1) is 16.7. The van der Waals surface area contributed by atoms with E-state index in [0.717, 1.165) is 39.0 Å². The second-order valence-corrected chi connectivity index (χ2v) is 8.77. The van der Waals surface area contributed by atoms with Crippen LogP contribution < -0.4 is 11.2 Å². The van der Waals surface area contributed by atoms with E-state index in [1.54, 1.807) is 31.2 Å². The van der Waals surface area contributed by atoms with Gasteiger partial charge in [-0.2, -0.15) is 5.48 Å². The number of nitrogens with two attached hydrogens (primary N) is 1. The normalized spacial score (nSPS) is 15.8. The Bertz CT molecular complexity index is 1060. The predicted octanol–water partition coefficient (Wildman–Crippen LogP) is 4.37. The van der Waals surface area contributed by atoms with E-state index in [2.05, 4.69) is 4.84 Å². The summed E-state index contributed by atoms with van der Waals surface area (Å²) in [6, 6.07) is 8.88. The number of rotatable bonds is 8. The van der Waals surface area contributed by atoms with Crippen LogP contribution in [0.2, 0.25) is 0 Å². The lowest BCUT2D eigenvalue weighted by atomic mass is 9.80. The van der Waals surface area contributed by atoms with Crippen molar-refractivity contribution in [1.82, 2.24) is 5.48 Å². The summed E-state index contributed by atoms with van der Waals surface area (Å²) in [5, 5.41) is 7.55. The number of hydroxylamine groups is 1. The van der Waals surface area contributed by atoms with Crippen LogP contribution in [-0.4, -0.2) is 24.3 Å². The number of hydrogen-bond acceptors (Lipinski definition) is 5. The summed E-state index contributed by atoms with van der Waals surface area (Å²) in [6.45, 7) is 2.63. The molecule has 3 rings (SSSR count). The van der Waals surface area contributed by atoms with Crippen molar-refractivity contribution in [3.8, 4) is 0 Å². The Morgan fingerprint density at radius 1 is 1.11 bits per heavy atom. The van der Waals surface area contributed by atoms with Crippen LogP contribution >= 0.6 is 0 Å². The number of nitrogen functional groups attached to an aromatic ring is 1. The van der Waals surface area contributed by atoms with Gasteiger partial charge < -0.3 is 15.3 Å². The minimum absolute atomic E-state index is 0.0530. The number of carbonyl (C=O) groups excluding carboxylic acids is 2. The maximum absolute atomic E-state index is 15.7.